The number of carbonyl (C=O) groups is 1. The second-order valence-electron chi connectivity index (χ2n) is 7.33. The predicted molar refractivity (Wildman–Crippen MR) is 117 cm³/mol. The molecule has 0 aliphatic rings. The van der Waals surface area contributed by atoms with Gasteiger partial charge in [-0.15, -0.1) is 0 Å². The highest BCUT2D eigenvalue weighted by Gasteiger charge is 2.17. The van der Waals surface area contributed by atoms with Crippen LogP contribution in [-0.2, 0) is 23.1 Å². The lowest BCUT2D eigenvalue weighted by atomic mass is 10.1. The predicted octanol–water partition coefficient (Wildman–Crippen LogP) is 4.67. The molecule has 0 atom stereocenters. The third-order valence-electron chi connectivity index (χ3n) is 4.33. The van der Waals surface area contributed by atoms with E-state index >= 15 is 0 Å². The molecule has 0 aliphatic carbocycles. The Morgan fingerprint density at radius 2 is 1.76 bits per heavy atom. The number of anilines is 1. The summed E-state index contributed by atoms with van der Waals surface area (Å²) in [6.45, 7) is 8.62. The Kier molecular flexibility index (Phi) is 8.08. The molecule has 0 radical (unpaired) electrons. The van der Waals surface area contributed by atoms with Gasteiger partial charge in [-0.25, -0.2) is 4.79 Å². The van der Waals surface area contributed by atoms with Crippen LogP contribution in [-0.4, -0.2) is 31.6 Å². The molecule has 0 aliphatic heterocycles. The molecule has 158 valence electrons. The fourth-order valence-electron chi connectivity index (χ4n) is 2.81. The zero-order chi connectivity index (χ0) is 21.4. The largest absolute Gasteiger partial charge is 0.382 e. The monoisotopic (exact) mass is 418 g/mol. The molecule has 0 saturated carbocycles. The molecule has 0 bridgehead atoms. The molecule has 0 fully saturated rings. The number of nitrogens with zero attached hydrogens (tertiary/aromatic N) is 1. The number of benzene rings is 2. The molecule has 7 heteroatoms. The Morgan fingerprint density at radius 3 is 2.34 bits per heavy atom. The average molecular weight is 419 g/mol. The summed E-state index contributed by atoms with van der Waals surface area (Å²) in [4.78, 5) is 14.6. The first-order valence-corrected chi connectivity index (χ1v) is 11.5. The first-order chi connectivity index (χ1) is 13.7. The maximum absolute atomic E-state index is 12.9. The molecular formula is C22H30N2O4S. The van der Waals surface area contributed by atoms with E-state index in [4.69, 9.17) is 4.18 Å². The summed E-state index contributed by atoms with van der Waals surface area (Å²) >= 11 is 0. The molecule has 6 nitrogen and oxygen atoms in total. The van der Waals surface area contributed by atoms with Gasteiger partial charge in [-0.3, -0.25) is 0 Å². The summed E-state index contributed by atoms with van der Waals surface area (Å²) in [6.07, 6.45) is 0.944. The molecule has 2 rings (SSSR count). The Hall–Kier alpha value is -2.54. The van der Waals surface area contributed by atoms with Crippen molar-refractivity contribution in [2.75, 3.05) is 17.6 Å². The Balaban J connectivity index is 2.14. The van der Waals surface area contributed by atoms with Gasteiger partial charge in [-0.05, 0) is 54.7 Å². The number of hydrogen-bond donors (Lipinski definition) is 1. The minimum absolute atomic E-state index is 0.101. The van der Waals surface area contributed by atoms with E-state index in [0.29, 0.717) is 13.1 Å². The molecule has 0 unspecified atom stereocenters. The van der Waals surface area contributed by atoms with Crippen LogP contribution < -0.4 is 9.50 Å². The number of urea groups is 1. The number of aryl methyl sites for hydroxylation is 1. The van der Waals surface area contributed by atoms with Crippen molar-refractivity contribution < 1.29 is 17.4 Å². The van der Waals surface area contributed by atoms with Crippen molar-refractivity contribution >= 4 is 21.8 Å². The number of amides is 2. The minimum Gasteiger partial charge on any atom is -0.382 e. The van der Waals surface area contributed by atoms with Crippen LogP contribution in [0.25, 0.3) is 0 Å². The molecule has 0 heterocycles. The van der Waals surface area contributed by atoms with E-state index in [0.717, 1.165) is 17.7 Å². The summed E-state index contributed by atoms with van der Waals surface area (Å²) in [7, 11) is -3.59. The van der Waals surface area contributed by atoms with Crippen molar-refractivity contribution in [2.45, 2.75) is 40.7 Å². The molecule has 2 aromatic carbocycles. The van der Waals surface area contributed by atoms with Crippen molar-refractivity contribution in [3.05, 3.63) is 59.7 Å². The van der Waals surface area contributed by atoms with Gasteiger partial charge < -0.3 is 14.4 Å². The van der Waals surface area contributed by atoms with Gasteiger partial charge in [0.05, 0.1) is 5.75 Å². The van der Waals surface area contributed by atoms with Crippen molar-refractivity contribution in [3.8, 4) is 5.75 Å². The number of hydrogen-bond acceptors (Lipinski definition) is 4. The maximum atomic E-state index is 12.9. The minimum atomic E-state index is -3.59. The van der Waals surface area contributed by atoms with Gasteiger partial charge in [0, 0.05) is 18.8 Å². The number of carbonyl (C=O) groups excluding carboxylic acids is 1. The highest BCUT2D eigenvalue weighted by molar-refractivity contribution is 7.87. The highest BCUT2D eigenvalue weighted by atomic mass is 32.2. The van der Waals surface area contributed by atoms with Crippen molar-refractivity contribution in [1.29, 1.82) is 0 Å². The Morgan fingerprint density at radius 1 is 1.07 bits per heavy atom. The topological polar surface area (TPSA) is 75.7 Å². The lowest BCUT2D eigenvalue weighted by molar-refractivity contribution is 0.201. The molecule has 29 heavy (non-hydrogen) atoms. The smallest absolute Gasteiger partial charge is 0.322 e. The Labute approximate surface area is 174 Å². The normalized spacial score (nSPS) is 11.3. The van der Waals surface area contributed by atoms with Crippen LogP contribution in [0.5, 0.6) is 5.75 Å². The van der Waals surface area contributed by atoms with Gasteiger partial charge in [-0.1, -0.05) is 45.0 Å². The summed E-state index contributed by atoms with van der Waals surface area (Å²) in [5.41, 5.74) is 2.75. The van der Waals surface area contributed by atoms with Crippen LogP contribution in [0.15, 0.2) is 48.5 Å². The zero-order valence-corrected chi connectivity index (χ0v) is 18.3. The highest BCUT2D eigenvalue weighted by Crippen LogP contribution is 2.19. The maximum Gasteiger partial charge on any atom is 0.322 e. The summed E-state index contributed by atoms with van der Waals surface area (Å²) < 4.78 is 28.5. The van der Waals surface area contributed by atoms with E-state index in [-0.39, 0.29) is 23.5 Å². The van der Waals surface area contributed by atoms with E-state index in [2.05, 4.69) is 12.2 Å². The second kappa shape index (κ2) is 10.3. The summed E-state index contributed by atoms with van der Waals surface area (Å²) in [6, 6.07) is 14.4. The Bertz CT molecular complexity index is 909. The molecule has 2 amide bonds. The first-order valence-electron chi connectivity index (χ1n) is 9.88. The summed E-state index contributed by atoms with van der Waals surface area (Å²) in [5, 5.41) is 2.94. The fourth-order valence-corrected chi connectivity index (χ4v) is 3.32. The van der Waals surface area contributed by atoms with Crippen molar-refractivity contribution in [2.24, 2.45) is 5.92 Å². The van der Waals surface area contributed by atoms with Gasteiger partial charge in [0.25, 0.3) is 0 Å². The van der Waals surface area contributed by atoms with Gasteiger partial charge in [0.15, 0.2) is 0 Å². The first kappa shape index (κ1) is 22.7. The molecule has 1 N–H and O–H groups in total. The molecular weight excluding hydrogens is 388 g/mol. The lowest BCUT2D eigenvalue weighted by Crippen LogP contribution is -2.37. The van der Waals surface area contributed by atoms with E-state index < -0.39 is 10.1 Å². The number of nitrogens with one attached hydrogen (secondary N) is 1. The SMILES string of the molecule is CCc1ccc(NC(=O)N(Cc2cccc(OS(=O)(=O)CC)c2)CC(C)C)cc1. The quantitative estimate of drug-likeness (QED) is 0.601. The third-order valence-corrected chi connectivity index (χ3v) is 5.49. The van der Waals surface area contributed by atoms with Crippen LogP contribution in [0.3, 0.4) is 0 Å². The van der Waals surface area contributed by atoms with E-state index in [1.807, 2.05) is 44.2 Å². The van der Waals surface area contributed by atoms with E-state index in [9.17, 15) is 13.2 Å². The van der Waals surface area contributed by atoms with Gasteiger partial charge in [0.2, 0.25) is 0 Å². The third kappa shape index (κ3) is 7.42. The molecule has 0 saturated heterocycles. The van der Waals surface area contributed by atoms with Crippen molar-refractivity contribution in [3.63, 3.8) is 0 Å². The molecule has 0 spiro atoms. The van der Waals surface area contributed by atoms with Gasteiger partial charge in [0.1, 0.15) is 5.75 Å². The van der Waals surface area contributed by atoms with Crippen LogP contribution in [0.2, 0.25) is 0 Å². The fraction of sp³-hybridized carbons (Fsp3) is 0.409. The zero-order valence-electron chi connectivity index (χ0n) is 17.5. The van der Waals surface area contributed by atoms with Crippen molar-refractivity contribution in [1.82, 2.24) is 4.90 Å². The van der Waals surface area contributed by atoms with Crippen LogP contribution >= 0.6 is 0 Å². The lowest BCUT2D eigenvalue weighted by Gasteiger charge is -2.25. The molecule has 2 aromatic rings. The standard InChI is InChI=1S/C22H30N2O4S/c1-5-18-10-12-20(13-11-18)23-22(25)24(15-17(3)4)16-19-8-7-9-21(14-19)28-29(26,27)6-2/h7-14,17H,5-6,15-16H2,1-4H3,(H,23,25). The van der Waals surface area contributed by atoms with Crippen LogP contribution in [0.4, 0.5) is 10.5 Å². The van der Waals surface area contributed by atoms with Gasteiger partial charge >= 0.3 is 16.1 Å². The summed E-state index contributed by atoms with van der Waals surface area (Å²) in [5.74, 6) is 0.433. The van der Waals surface area contributed by atoms with Gasteiger partial charge in [-0.2, -0.15) is 8.42 Å². The van der Waals surface area contributed by atoms with Crippen LogP contribution in [0.1, 0.15) is 38.8 Å². The van der Waals surface area contributed by atoms with Crippen LogP contribution in [0, 0.1) is 5.92 Å². The number of rotatable bonds is 9. The van der Waals surface area contributed by atoms with E-state index in [1.54, 1.807) is 23.1 Å². The second-order valence-corrected chi connectivity index (χ2v) is 9.19. The average Bonchev–Trinajstić information content (AvgIpc) is 2.67. The molecule has 0 aromatic heterocycles. The van der Waals surface area contributed by atoms with E-state index in [1.165, 1.54) is 12.5 Å².